The number of methoxy groups -OCH3 is 1. The summed E-state index contributed by atoms with van der Waals surface area (Å²) < 4.78 is 42.6. The van der Waals surface area contributed by atoms with E-state index in [2.05, 4.69) is 4.90 Å². The maximum atomic E-state index is 13.2. The van der Waals surface area contributed by atoms with Gasteiger partial charge in [-0.1, -0.05) is 18.6 Å². The van der Waals surface area contributed by atoms with Crippen LogP contribution in [0.4, 0.5) is 0 Å². The highest BCUT2D eigenvalue weighted by Crippen LogP contribution is 2.31. The second-order valence-corrected chi connectivity index (χ2v) is 11.3. The number of hydrogen-bond donors (Lipinski definition) is 0. The molecule has 0 aliphatic carbocycles. The fourth-order valence-electron chi connectivity index (χ4n) is 4.40. The molecule has 1 heterocycles. The van der Waals surface area contributed by atoms with Gasteiger partial charge in [0.1, 0.15) is 18.1 Å². The Hall–Kier alpha value is -2.58. The lowest BCUT2D eigenvalue weighted by atomic mass is 9.85. The van der Waals surface area contributed by atoms with Crippen LogP contribution in [-0.4, -0.2) is 65.0 Å². The number of carbonyl (C=O) groups is 1. The van der Waals surface area contributed by atoms with Crippen molar-refractivity contribution >= 4 is 15.8 Å². The summed E-state index contributed by atoms with van der Waals surface area (Å²) in [5, 5.41) is 0. The molecule has 2 aromatic rings. The summed E-state index contributed by atoms with van der Waals surface area (Å²) in [5.41, 5.74) is -0.403. The summed E-state index contributed by atoms with van der Waals surface area (Å²) in [6.07, 6.45) is 4.05. The van der Waals surface area contributed by atoms with Crippen LogP contribution in [0.1, 0.15) is 38.7 Å². The summed E-state index contributed by atoms with van der Waals surface area (Å²) in [5.74, 6) is 0.433. The molecule has 8 heteroatoms. The maximum Gasteiger partial charge on any atom is 0.313 e. The van der Waals surface area contributed by atoms with Gasteiger partial charge in [-0.3, -0.25) is 9.69 Å². The summed E-state index contributed by atoms with van der Waals surface area (Å²) in [4.78, 5) is 15.5. The van der Waals surface area contributed by atoms with Gasteiger partial charge >= 0.3 is 5.97 Å². The average Bonchev–Trinajstić information content (AvgIpc) is 2.85. The zero-order valence-corrected chi connectivity index (χ0v) is 21.8. The second-order valence-electron chi connectivity index (χ2n) is 9.29. The fraction of sp³-hybridized carbons (Fsp3) is 0.519. The standard InChI is InChI=1S/C27H37NO6S/c1-4-33-26(29)27(2,21-35(30,31)25-14-12-23(32-3)13-15-25)20-22-8-10-24(11-9-22)34-19-18-28-16-6-5-7-17-28/h8-15H,4-7,16-21H2,1-3H3. The van der Waals surface area contributed by atoms with E-state index in [9.17, 15) is 13.2 Å². The number of sulfone groups is 1. The molecule has 35 heavy (non-hydrogen) atoms. The van der Waals surface area contributed by atoms with E-state index in [-0.39, 0.29) is 23.7 Å². The van der Waals surface area contributed by atoms with E-state index in [0.29, 0.717) is 12.4 Å². The van der Waals surface area contributed by atoms with Gasteiger partial charge in [-0.2, -0.15) is 0 Å². The molecule has 1 aliphatic rings. The van der Waals surface area contributed by atoms with Crippen LogP contribution in [0, 0.1) is 5.41 Å². The molecular formula is C27H37NO6S. The van der Waals surface area contributed by atoms with Crippen LogP contribution in [0.25, 0.3) is 0 Å². The minimum atomic E-state index is -3.74. The summed E-state index contributed by atoms with van der Waals surface area (Å²) in [6, 6.07) is 13.7. The molecule has 1 unspecified atom stereocenters. The van der Waals surface area contributed by atoms with Gasteiger partial charge in [-0.05, 0) is 88.2 Å². The van der Waals surface area contributed by atoms with Crippen molar-refractivity contribution in [1.82, 2.24) is 4.90 Å². The van der Waals surface area contributed by atoms with E-state index in [1.807, 2.05) is 24.3 Å². The van der Waals surface area contributed by atoms with Crippen LogP contribution < -0.4 is 9.47 Å². The van der Waals surface area contributed by atoms with Crippen LogP contribution in [0.3, 0.4) is 0 Å². The van der Waals surface area contributed by atoms with Gasteiger partial charge in [0.25, 0.3) is 0 Å². The first-order valence-corrected chi connectivity index (χ1v) is 13.9. The van der Waals surface area contributed by atoms with Crippen molar-refractivity contribution in [2.75, 3.05) is 45.7 Å². The number of hydrogen-bond acceptors (Lipinski definition) is 7. The Morgan fingerprint density at radius 1 is 0.971 bits per heavy atom. The Kier molecular flexibility index (Phi) is 9.57. The average molecular weight is 504 g/mol. The third-order valence-electron chi connectivity index (χ3n) is 6.34. The van der Waals surface area contributed by atoms with E-state index in [1.165, 1.54) is 38.5 Å². The third-order valence-corrected chi connectivity index (χ3v) is 8.35. The van der Waals surface area contributed by atoms with Crippen LogP contribution >= 0.6 is 0 Å². The molecule has 0 saturated carbocycles. The number of nitrogens with zero attached hydrogens (tertiary/aromatic N) is 1. The molecule has 0 bridgehead atoms. The molecule has 192 valence electrons. The third kappa shape index (κ3) is 7.70. The fourth-order valence-corrected chi connectivity index (χ4v) is 6.18. The molecule has 1 fully saturated rings. The van der Waals surface area contributed by atoms with Gasteiger partial charge in [0.15, 0.2) is 9.84 Å². The Morgan fingerprint density at radius 3 is 2.20 bits per heavy atom. The maximum absolute atomic E-state index is 13.2. The Balaban J connectivity index is 1.67. The van der Waals surface area contributed by atoms with E-state index in [0.717, 1.165) is 30.9 Å². The van der Waals surface area contributed by atoms with Crippen LogP contribution in [0.15, 0.2) is 53.4 Å². The molecule has 3 rings (SSSR count). The first kappa shape index (κ1) is 27.0. The molecular weight excluding hydrogens is 466 g/mol. The monoisotopic (exact) mass is 503 g/mol. The lowest BCUT2D eigenvalue weighted by molar-refractivity contribution is -0.153. The molecule has 0 spiro atoms. The summed E-state index contributed by atoms with van der Waals surface area (Å²) in [7, 11) is -2.22. The molecule has 0 aromatic heterocycles. The lowest BCUT2D eigenvalue weighted by Crippen LogP contribution is -2.39. The highest BCUT2D eigenvalue weighted by atomic mass is 32.2. The molecule has 0 N–H and O–H groups in total. The quantitative estimate of drug-likeness (QED) is 0.403. The highest BCUT2D eigenvalue weighted by Gasteiger charge is 2.40. The zero-order chi connectivity index (χ0) is 25.3. The topological polar surface area (TPSA) is 82.1 Å². The number of benzene rings is 2. The molecule has 0 radical (unpaired) electrons. The van der Waals surface area contributed by atoms with Crippen LogP contribution in [0.5, 0.6) is 11.5 Å². The smallest absolute Gasteiger partial charge is 0.313 e. The largest absolute Gasteiger partial charge is 0.497 e. The second kappa shape index (κ2) is 12.4. The molecule has 1 atom stereocenters. The number of esters is 1. The number of carbonyl (C=O) groups excluding carboxylic acids is 1. The van der Waals surface area contributed by atoms with Gasteiger partial charge < -0.3 is 14.2 Å². The first-order valence-electron chi connectivity index (χ1n) is 12.2. The molecule has 1 saturated heterocycles. The SMILES string of the molecule is CCOC(=O)C(C)(Cc1ccc(OCCN2CCCCC2)cc1)CS(=O)(=O)c1ccc(OC)cc1. The lowest BCUT2D eigenvalue weighted by Gasteiger charge is -2.27. The predicted molar refractivity (Wildman–Crippen MR) is 136 cm³/mol. The summed E-state index contributed by atoms with van der Waals surface area (Å²) >= 11 is 0. The van der Waals surface area contributed by atoms with Crippen molar-refractivity contribution in [3.63, 3.8) is 0 Å². The Labute approximate surface area is 209 Å². The number of likely N-dealkylation sites (tertiary alicyclic amines) is 1. The van der Waals surface area contributed by atoms with E-state index in [4.69, 9.17) is 14.2 Å². The van der Waals surface area contributed by atoms with Gasteiger partial charge in [0.05, 0.1) is 29.8 Å². The normalized spacial score (nSPS) is 16.3. The van der Waals surface area contributed by atoms with E-state index >= 15 is 0 Å². The number of ether oxygens (including phenoxy) is 3. The van der Waals surface area contributed by atoms with Gasteiger partial charge in [-0.25, -0.2) is 8.42 Å². The van der Waals surface area contributed by atoms with Crippen molar-refractivity contribution in [1.29, 1.82) is 0 Å². The van der Waals surface area contributed by atoms with Crippen molar-refractivity contribution in [3.05, 3.63) is 54.1 Å². The van der Waals surface area contributed by atoms with Crippen LogP contribution in [-0.2, 0) is 25.8 Å². The summed E-state index contributed by atoms with van der Waals surface area (Å²) in [6.45, 7) is 7.34. The first-order chi connectivity index (χ1) is 16.8. The minimum absolute atomic E-state index is 0.145. The van der Waals surface area contributed by atoms with Gasteiger partial charge in [0.2, 0.25) is 0 Å². The molecule has 0 amide bonds. The number of rotatable bonds is 12. The van der Waals surface area contributed by atoms with E-state index < -0.39 is 21.2 Å². The highest BCUT2D eigenvalue weighted by molar-refractivity contribution is 7.91. The zero-order valence-electron chi connectivity index (χ0n) is 21.0. The molecule has 2 aromatic carbocycles. The van der Waals surface area contributed by atoms with Crippen molar-refractivity contribution in [2.45, 2.75) is 44.4 Å². The van der Waals surface area contributed by atoms with Crippen molar-refractivity contribution < 1.29 is 27.4 Å². The Bertz CT molecular complexity index is 1050. The minimum Gasteiger partial charge on any atom is -0.497 e. The van der Waals surface area contributed by atoms with Crippen molar-refractivity contribution in [2.24, 2.45) is 5.41 Å². The van der Waals surface area contributed by atoms with Crippen LogP contribution in [0.2, 0.25) is 0 Å². The van der Waals surface area contributed by atoms with Gasteiger partial charge in [0, 0.05) is 6.54 Å². The van der Waals surface area contributed by atoms with Crippen molar-refractivity contribution in [3.8, 4) is 11.5 Å². The van der Waals surface area contributed by atoms with E-state index in [1.54, 1.807) is 26.0 Å². The molecule has 7 nitrogen and oxygen atoms in total. The predicted octanol–water partition coefficient (Wildman–Crippen LogP) is 4.15. The molecule has 1 aliphatic heterocycles. The van der Waals surface area contributed by atoms with Gasteiger partial charge in [-0.15, -0.1) is 0 Å². The number of piperidine rings is 1. The Morgan fingerprint density at radius 2 is 1.60 bits per heavy atom.